The maximum atomic E-state index is 12.9. The Balaban J connectivity index is 2.26. The summed E-state index contributed by atoms with van der Waals surface area (Å²) in [6, 6.07) is 7.45. The van der Waals surface area contributed by atoms with Crippen LogP contribution in [0.2, 0.25) is 0 Å². The number of methoxy groups -OCH3 is 1. The lowest BCUT2D eigenvalue weighted by atomic mass is 9.82. The molecule has 0 aliphatic carbocycles. The average molecular weight is 305 g/mol. The molecular formula is C17H23NO4. The van der Waals surface area contributed by atoms with Gasteiger partial charge in [-0.3, -0.25) is 9.59 Å². The third kappa shape index (κ3) is 2.80. The average Bonchev–Trinajstić information content (AvgIpc) is 2.88. The molecule has 1 aliphatic heterocycles. The number of hydrogen-bond acceptors (Lipinski definition) is 3. The molecular weight excluding hydrogens is 282 g/mol. The summed E-state index contributed by atoms with van der Waals surface area (Å²) < 4.78 is 5.36. The van der Waals surface area contributed by atoms with Gasteiger partial charge in [0.25, 0.3) is 0 Å². The zero-order valence-corrected chi connectivity index (χ0v) is 13.5. The standard InChI is InChI=1S/C17H23NO4/c1-11-9-18(10-12(11)15(19)20)16(21)17(2,3)13-7-5-6-8-14(13)22-4/h5-8,11-12H,9-10H2,1-4H3,(H,19,20)/t11-,12-/m1/s1. The Morgan fingerprint density at radius 2 is 1.91 bits per heavy atom. The van der Waals surface area contributed by atoms with Gasteiger partial charge in [-0.05, 0) is 25.8 Å². The van der Waals surface area contributed by atoms with Crippen LogP contribution in [-0.2, 0) is 15.0 Å². The van der Waals surface area contributed by atoms with Crippen molar-refractivity contribution >= 4 is 11.9 Å². The van der Waals surface area contributed by atoms with Crippen molar-refractivity contribution in [3.63, 3.8) is 0 Å². The van der Waals surface area contributed by atoms with Gasteiger partial charge in [0.2, 0.25) is 5.91 Å². The van der Waals surface area contributed by atoms with Gasteiger partial charge in [-0.1, -0.05) is 25.1 Å². The van der Waals surface area contributed by atoms with Gasteiger partial charge in [-0.2, -0.15) is 0 Å². The van der Waals surface area contributed by atoms with Crippen LogP contribution >= 0.6 is 0 Å². The van der Waals surface area contributed by atoms with E-state index in [-0.39, 0.29) is 18.4 Å². The van der Waals surface area contributed by atoms with Crippen molar-refractivity contribution in [2.24, 2.45) is 11.8 Å². The fourth-order valence-electron chi connectivity index (χ4n) is 3.13. The second-order valence-electron chi connectivity index (χ2n) is 6.46. The molecule has 0 unspecified atom stereocenters. The number of amides is 1. The van der Waals surface area contributed by atoms with E-state index in [9.17, 15) is 14.7 Å². The van der Waals surface area contributed by atoms with E-state index in [2.05, 4.69) is 0 Å². The van der Waals surface area contributed by atoms with E-state index in [0.29, 0.717) is 12.3 Å². The van der Waals surface area contributed by atoms with Gasteiger partial charge in [-0.25, -0.2) is 0 Å². The molecule has 1 aliphatic rings. The molecule has 1 heterocycles. The Bertz CT molecular complexity index is 582. The molecule has 1 saturated heterocycles. The molecule has 0 saturated carbocycles. The highest BCUT2D eigenvalue weighted by atomic mass is 16.5. The summed E-state index contributed by atoms with van der Waals surface area (Å²) >= 11 is 0. The van der Waals surface area contributed by atoms with E-state index in [1.165, 1.54) is 0 Å². The zero-order chi connectivity index (χ0) is 16.5. The van der Waals surface area contributed by atoms with Crippen molar-refractivity contribution in [2.75, 3.05) is 20.2 Å². The summed E-state index contributed by atoms with van der Waals surface area (Å²) in [5, 5.41) is 9.23. The van der Waals surface area contributed by atoms with Gasteiger partial charge in [0.15, 0.2) is 0 Å². The third-order valence-corrected chi connectivity index (χ3v) is 4.53. The zero-order valence-electron chi connectivity index (χ0n) is 13.5. The van der Waals surface area contributed by atoms with Crippen LogP contribution < -0.4 is 4.74 Å². The topological polar surface area (TPSA) is 66.8 Å². The van der Waals surface area contributed by atoms with Crippen LogP contribution in [0.4, 0.5) is 0 Å². The number of aliphatic carboxylic acids is 1. The molecule has 0 spiro atoms. The molecule has 22 heavy (non-hydrogen) atoms. The summed E-state index contributed by atoms with van der Waals surface area (Å²) in [4.78, 5) is 25.8. The minimum Gasteiger partial charge on any atom is -0.496 e. The van der Waals surface area contributed by atoms with E-state index in [1.807, 2.05) is 45.0 Å². The monoisotopic (exact) mass is 305 g/mol. The van der Waals surface area contributed by atoms with Gasteiger partial charge >= 0.3 is 5.97 Å². The van der Waals surface area contributed by atoms with Gasteiger partial charge in [0, 0.05) is 18.7 Å². The van der Waals surface area contributed by atoms with Crippen molar-refractivity contribution in [2.45, 2.75) is 26.2 Å². The predicted molar refractivity (Wildman–Crippen MR) is 82.9 cm³/mol. The van der Waals surface area contributed by atoms with E-state index in [4.69, 9.17) is 4.74 Å². The molecule has 0 radical (unpaired) electrons. The lowest BCUT2D eigenvalue weighted by molar-refractivity contribution is -0.142. The van der Waals surface area contributed by atoms with Crippen LogP contribution in [0.3, 0.4) is 0 Å². The quantitative estimate of drug-likeness (QED) is 0.925. The number of carbonyl (C=O) groups is 2. The van der Waals surface area contributed by atoms with Crippen LogP contribution in [0.25, 0.3) is 0 Å². The number of carbonyl (C=O) groups excluding carboxylic acids is 1. The molecule has 0 bridgehead atoms. The van der Waals surface area contributed by atoms with Crippen LogP contribution in [0.1, 0.15) is 26.3 Å². The number of carboxylic acid groups (broad SMARTS) is 1. The Morgan fingerprint density at radius 1 is 1.27 bits per heavy atom. The van der Waals surface area contributed by atoms with E-state index < -0.39 is 17.3 Å². The number of nitrogens with zero attached hydrogens (tertiary/aromatic N) is 1. The normalized spacial score (nSPS) is 21.7. The lowest BCUT2D eigenvalue weighted by Gasteiger charge is -2.30. The summed E-state index contributed by atoms with van der Waals surface area (Å²) in [5.74, 6) is -0.749. The van der Waals surface area contributed by atoms with Crippen LogP contribution in [0.5, 0.6) is 5.75 Å². The van der Waals surface area contributed by atoms with Crippen molar-refractivity contribution < 1.29 is 19.4 Å². The fraction of sp³-hybridized carbons (Fsp3) is 0.529. The number of benzene rings is 1. The molecule has 1 fully saturated rings. The molecule has 1 aromatic carbocycles. The number of likely N-dealkylation sites (tertiary alicyclic amines) is 1. The first-order chi connectivity index (χ1) is 10.3. The highest BCUT2D eigenvalue weighted by Gasteiger charge is 2.42. The molecule has 5 nitrogen and oxygen atoms in total. The molecule has 1 amide bonds. The summed E-state index contributed by atoms with van der Waals surface area (Å²) in [6.45, 7) is 6.34. The summed E-state index contributed by atoms with van der Waals surface area (Å²) in [5.41, 5.74) is 0.0497. The van der Waals surface area contributed by atoms with E-state index in [1.54, 1.807) is 12.0 Å². The summed E-state index contributed by atoms with van der Waals surface area (Å²) in [6.07, 6.45) is 0. The van der Waals surface area contributed by atoms with Crippen molar-refractivity contribution in [3.05, 3.63) is 29.8 Å². The molecule has 2 atom stereocenters. The molecule has 5 heteroatoms. The minimum absolute atomic E-state index is 0.0325. The number of para-hydroxylation sites is 1. The maximum Gasteiger partial charge on any atom is 0.308 e. The molecule has 2 rings (SSSR count). The summed E-state index contributed by atoms with van der Waals surface area (Å²) in [7, 11) is 1.58. The molecule has 1 N–H and O–H groups in total. The highest BCUT2D eigenvalue weighted by Crippen LogP contribution is 2.35. The number of ether oxygens (including phenoxy) is 1. The minimum atomic E-state index is -0.835. The molecule has 1 aromatic rings. The Labute approximate surface area is 130 Å². The van der Waals surface area contributed by atoms with Crippen LogP contribution in [-0.4, -0.2) is 42.1 Å². The van der Waals surface area contributed by atoms with Crippen LogP contribution in [0, 0.1) is 11.8 Å². The molecule has 120 valence electrons. The first kappa shape index (κ1) is 16.3. The van der Waals surface area contributed by atoms with Gasteiger partial charge in [0.1, 0.15) is 5.75 Å². The fourth-order valence-corrected chi connectivity index (χ4v) is 3.13. The Kier molecular flexibility index (Phi) is 4.44. The van der Waals surface area contributed by atoms with Crippen molar-refractivity contribution in [3.8, 4) is 5.75 Å². The second-order valence-corrected chi connectivity index (χ2v) is 6.46. The number of carboxylic acids is 1. The Hall–Kier alpha value is -2.04. The predicted octanol–water partition coefficient (Wildman–Crippen LogP) is 2.15. The van der Waals surface area contributed by atoms with Crippen molar-refractivity contribution in [1.82, 2.24) is 4.90 Å². The van der Waals surface area contributed by atoms with Crippen LogP contribution in [0.15, 0.2) is 24.3 Å². The first-order valence-electron chi connectivity index (χ1n) is 7.44. The molecule has 0 aromatic heterocycles. The highest BCUT2D eigenvalue weighted by molar-refractivity contribution is 5.89. The van der Waals surface area contributed by atoms with Gasteiger partial charge in [-0.15, -0.1) is 0 Å². The third-order valence-electron chi connectivity index (χ3n) is 4.53. The van der Waals surface area contributed by atoms with Crippen molar-refractivity contribution in [1.29, 1.82) is 0 Å². The lowest BCUT2D eigenvalue weighted by Crippen LogP contribution is -2.43. The number of rotatable bonds is 4. The van der Waals surface area contributed by atoms with Gasteiger partial charge in [0.05, 0.1) is 18.4 Å². The number of hydrogen-bond donors (Lipinski definition) is 1. The smallest absolute Gasteiger partial charge is 0.308 e. The first-order valence-corrected chi connectivity index (χ1v) is 7.44. The van der Waals surface area contributed by atoms with Gasteiger partial charge < -0.3 is 14.7 Å². The maximum absolute atomic E-state index is 12.9. The second kappa shape index (κ2) is 5.99. The SMILES string of the molecule is COc1ccccc1C(C)(C)C(=O)N1C[C@@H](C)[C@H](C(=O)O)C1. The van der Waals surface area contributed by atoms with E-state index in [0.717, 1.165) is 5.56 Å². The Morgan fingerprint density at radius 3 is 2.45 bits per heavy atom. The van der Waals surface area contributed by atoms with E-state index >= 15 is 0 Å². The largest absolute Gasteiger partial charge is 0.496 e.